The fourth-order valence-corrected chi connectivity index (χ4v) is 4.26. The van der Waals surface area contributed by atoms with Crippen molar-refractivity contribution in [2.75, 3.05) is 52.3 Å². The summed E-state index contributed by atoms with van der Waals surface area (Å²) in [5, 5.41) is 3.89. The second-order valence-corrected chi connectivity index (χ2v) is 9.41. The first kappa shape index (κ1) is 25.3. The van der Waals surface area contributed by atoms with Gasteiger partial charge < -0.3 is 19.7 Å². The van der Waals surface area contributed by atoms with Crippen LogP contribution in [0.3, 0.4) is 0 Å². The molecule has 0 atom stereocenters. The number of ether oxygens (including phenoxy) is 2. The molecule has 1 aliphatic heterocycles. The third-order valence-corrected chi connectivity index (χ3v) is 6.77. The Bertz CT molecular complexity index is 1160. The Balaban J connectivity index is 1.49. The van der Waals surface area contributed by atoms with Crippen molar-refractivity contribution in [1.82, 2.24) is 9.80 Å². The smallest absolute Gasteiger partial charge is 0.262 e. The summed E-state index contributed by atoms with van der Waals surface area (Å²) < 4.78 is 11.1. The summed E-state index contributed by atoms with van der Waals surface area (Å²) in [6.45, 7) is 4.64. The third kappa shape index (κ3) is 6.89. The number of methoxy groups -OCH3 is 1. The number of likely N-dealkylation sites (N-methyl/N-ethyl adjacent to an activating group) is 1. The Morgan fingerprint density at radius 2 is 1.60 bits per heavy atom. The first-order valence-corrected chi connectivity index (χ1v) is 12.2. The van der Waals surface area contributed by atoms with Crippen molar-refractivity contribution < 1.29 is 14.3 Å². The average molecular weight is 514 g/mol. The minimum Gasteiger partial charge on any atom is -0.497 e. The summed E-state index contributed by atoms with van der Waals surface area (Å²) in [5.74, 6) is 1.20. The zero-order valence-corrected chi connectivity index (χ0v) is 21.4. The molecule has 0 spiro atoms. The Labute approximate surface area is 216 Å². The molecule has 6 nitrogen and oxygen atoms in total. The third-order valence-electron chi connectivity index (χ3n) is 6.04. The zero-order valence-electron chi connectivity index (χ0n) is 19.9. The molecule has 3 aromatic carbocycles. The lowest BCUT2D eigenvalue weighted by molar-refractivity contribution is -0.118. The molecule has 3 aromatic rings. The molecule has 1 aliphatic rings. The molecule has 0 saturated carbocycles. The van der Waals surface area contributed by atoms with Gasteiger partial charge in [-0.25, -0.2) is 0 Å². The molecule has 1 amide bonds. The second-order valence-electron chi connectivity index (χ2n) is 8.60. The molecule has 0 bridgehead atoms. The van der Waals surface area contributed by atoms with Gasteiger partial charge in [0, 0.05) is 44.0 Å². The van der Waals surface area contributed by atoms with Crippen LogP contribution >= 0.6 is 23.2 Å². The highest BCUT2D eigenvalue weighted by atomic mass is 35.5. The number of hydrogen-bond donors (Lipinski definition) is 1. The summed E-state index contributed by atoms with van der Waals surface area (Å²) >= 11 is 12.4. The van der Waals surface area contributed by atoms with E-state index in [-0.39, 0.29) is 12.5 Å². The predicted octanol–water partition coefficient (Wildman–Crippen LogP) is 5.43. The number of nitrogens with zero attached hydrogens (tertiary/aromatic N) is 2. The Morgan fingerprint density at radius 1 is 0.914 bits per heavy atom. The van der Waals surface area contributed by atoms with Crippen LogP contribution in [0.15, 0.2) is 60.7 Å². The van der Waals surface area contributed by atoms with Crippen molar-refractivity contribution in [3.05, 3.63) is 76.3 Å². The van der Waals surface area contributed by atoms with E-state index in [2.05, 4.69) is 28.2 Å². The number of nitrogens with one attached hydrogen (secondary N) is 1. The van der Waals surface area contributed by atoms with Crippen LogP contribution in [0.4, 0.5) is 5.69 Å². The van der Waals surface area contributed by atoms with Crippen LogP contribution < -0.4 is 14.8 Å². The van der Waals surface area contributed by atoms with E-state index in [9.17, 15) is 4.79 Å². The van der Waals surface area contributed by atoms with E-state index >= 15 is 0 Å². The lowest BCUT2D eigenvalue weighted by Gasteiger charge is -2.32. The van der Waals surface area contributed by atoms with Crippen LogP contribution in [0.2, 0.25) is 10.0 Å². The van der Waals surface area contributed by atoms with E-state index in [1.54, 1.807) is 37.4 Å². The lowest BCUT2D eigenvalue weighted by atomic mass is 10.0. The summed E-state index contributed by atoms with van der Waals surface area (Å²) in [6, 6.07) is 18.8. The van der Waals surface area contributed by atoms with Crippen LogP contribution in [0.25, 0.3) is 11.1 Å². The molecule has 0 aliphatic carbocycles. The molecule has 184 valence electrons. The summed E-state index contributed by atoms with van der Waals surface area (Å²) in [5.41, 5.74) is 3.70. The van der Waals surface area contributed by atoms with E-state index in [1.165, 1.54) is 0 Å². The number of benzene rings is 3. The number of carbonyl (C=O) groups is 1. The van der Waals surface area contributed by atoms with Gasteiger partial charge in [0.25, 0.3) is 5.91 Å². The molecule has 1 N–H and O–H groups in total. The maximum absolute atomic E-state index is 12.5. The highest BCUT2D eigenvalue weighted by Gasteiger charge is 2.17. The van der Waals surface area contributed by atoms with Crippen LogP contribution in [-0.2, 0) is 11.3 Å². The van der Waals surface area contributed by atoms with Crippen molar-refractivity contribution in [2.24, 2.45) is 0 Å². The van der Waals surface area contributed by atoms with Crippen molar-refractivity contribution in [3.8, 4) is 22.6 Å². The van der Waals surface area contributed by atoms with Gasteiger partial charge in [-0.2, -0.15) is 0 Å². The van der Waals surface area contributed by atoms with Crippen molar-refractivity contribution >= 4 is 34.8 Å². The van der Waals surface area contributed by atoms with Crippen molar-refractivity contribution in [1.29, 1.82) is 0 Å². The summed E-state index contributed by atoms with van der Waals surface area (Å²) in [6.07, 6.45) is 0. The van der Waals surface area contributed by atoms with Gasteiger partial charge >= 0.3 is 0 Å². The number of halogens is 2. The topological polar surface area (TPSA) is 54.0 Å². The summed E-state index contributed by atoms with van der Waals surface area (Å²) in [7, 11) is 3.74. The summed E-state index contributed by atoms with van der Waals surface area (Å²) in [4.78, 5) is 17.2. The van der Waals surface area contributed by atoms with Gasteiger partial charge in [0.2, 0.25) is 0 Å². The number of hydrogen-bond acceptors (Lipinski definition) is 5. The van der Waals surface area contributed by atoms with Crippen LogP contribution in [0, 0.1) is 0 Å². The van der Waals surface area contributed by atoms with Crippen LogP contribution in [0.1, 0.15) is 5.56 Å². The Hall–Kier alpha value is -2.77. The molecule has 4 rings (SSSR count). The molecule has 1 fully saturated rings. The number of piperazine rings is 1. The monoisotopic (exact) mass is 513 g/mol. The van der Waals surface area contributed by atoms with E-state index in [1.807, 2.05) is 24.3 Å². The molecule has 1 saturated heterocycles. The Morgan fingerprint density at radius 3 is 2.29 bits per heavy atom. The van der Waals surface area contributed by atoms with E-state index in [0.29, 0.717) is 21.5 Å². The van der Waals surface area contributed by atoms with E-state index < -0.39 is 0 Å². The standard InChI is InChI=1S/C27H29Cl2N3O3/c1-31-11-13-32(14-12-31)17-21-15-19(20-3-9-24(28)25(29)16-20)4-10-26(21)35-18-27(33)30-22-5-7-23(34-2)8-6-22/h3-10,15-16H,11-14,17-18H2,1-2H3,(H,30,33). The second kappa shape index (κ2) is 11.8. The average Bonchev–Trinajstić information content (AvgIpc) is 2.87. The van der Waals surface area contributed by atoms with Crippen molar-refractivity contribution in [3.63, 3.8) is 0 Å². The Kier molecular flexibility index (Phi) is 8.52. The van der Waals surface area contributed by atoms with Crippen molar-refractivity contribution in [2.45, 2.75) is 6.54 Å². The number of anilines is 1. The number of rotatable bonds is 8. The molecule has 0 unspecified atom stereocenters. The SMILES string of the molecule is COc1ccc(NC(=O)COc2ccc(-c3ccc(Cl)c(Cl)c3)cc2CN2CCN(C)CC2)cc1. The molecule has 0 radical (unpaired) electrons. The quantitative estimate of drug-likeness (QED) is 0.434. The van der Waals surface area contributed by atoms with Gasteiger partial charge in [0.05, 0.1) is 17.2 Å². The van der Waals surface area contributed by atoms with Gasteiger partial charge in [-0.1, -0.05) is 35.3 Å². The minimum atomic E-state index is -0.228. The highest BCUT2D eigenvalue weighted by molar-refractivity contribution is 6.42. The first-order valence-electron chi connectivity index (χ1n) is 11.5. The van der Waals surface area contributed by atoms with Crippen LogP contribution in [0.5, 0.6) is 11.5 Å². The molecular formula is C27H29Cl2N3O3. The first-order chi connectivity index (χ1) is 16.9. The van der Waals surface area contributed by atoms with Gasteiger partial charge in [0.1, 0.15) is 11.5 Å². The van der Waals surface area contributed by atoms with E-state index in [4.69, 9.17) is 32.7 Å². The largest absolute Gasteiger partial charge is 0.497 e. The highest BCUT2D eigenvalue weighted by Crippen LogP contribution is 2.32. The van der Waals surface area contributed by atoms with Crippen LogP contribution in [-0.4, -0.2) is 62.7 Å². The van der Waals surface area contributed by atoms with E-state index in [0.717, 1.165) is 55.2 Å². The lowest BCUT2D eigenvalue weighted by Crippen LogP contribution is -2.43. The van der Waals surface area contributed by atoms with Gasteiger partial charge in [-0.3, -0.25) is 9.69 Å². The zero-order chi connectivity index (χ0) is 24.8. The minimum absolute atomic E-state index is 0.0894. The molecule has 8 heteroatoms. The molecule has 0 aromatic heterocycles. The normalized spacial score (nSPS) is 14.5. The predicted molar refractivity (Wildman–Crippen MR) is 142 cm³/mol. The van der Waals surface area contributed by atoms with Gasteiger partial charge in [-0.05, 0) is 66.7 Å². The molecule has 1 heterocycles. The maximum Gasteiger partial charge on any atom is 0.262 e. The number of amides is 1. The fourth-order valence-electron chi connectivity index (χ4n) is 3.96. The molecular weight excluding hydrogens is 485 g/mol. The van der Waals surface area contributed by atoms with Gasteiger partial charge in [0.15, 0.2) is 6.61 Å². The maximum atomic E-state index is 12.5. The fraction of sp³-hybridized carbons (Fsp3) is 0.296. The number of carbonyl (C=O) groups excluding carboxylic acids is 1. The molecule has 35 heavy (non-hydrogen) atoms. The van der Waals surface area contributed by atoms with Gasteiger partial charge in [-0.15, -0.1) is 0 Å².